The van der Waals surface area contributed by atoms with E-state index in [4.69, 9.17) is 16.2 Å². The first kappa shape index (κ1) is 14.4. The summed E-state index contributed by atoms with van der Waals surface area (Å²) < 4.78 is 7.22. The Morgan fingerprint density at radius 2 is 2.23 bits per heavy atom. The number of amides is 1. The summed E-state index contributed by atoms with van der Waals surface area (Å²) in [4.78, 5) is 31.7. The smallest absolute Gasteiger partial charge is 0.254 e. The number of aromatic nitrogens is 3. The molecule has 3 rings (SSSR count). The van der Waals surface area contributed by atoms with Crippen LogP contribution in [0, 0.1) is 0 Å². The molecule has 0 radical (unpaired) electrons. The summed E-state index contributed by atoms with van der Waals surface area (Å²) in [6, 6.07) is 0. The molecule has 5 N–H and O–H groups in total. The average molecular weight is 305 g/mol. The Kier molecular flexibility index (Phi) is 3.51. The van der Waals surface area contributed by atoms with E-state index in [9.17, 15) is 14.7 Å². The summed E-state index contributed by atoms with van der Waals surface area (Å²) in [6.07, 6.45) is 3.05. The van der Waals surface area contributed by atoms with Crippen LogP contribution < -0.4 is 16.9 Å². The Morgan fingerprint density at radius 3 is 2.86 bits per heavy atom. The Hall–Kier alpha value is -2.52. The van der Waals surface area contributed by atoms with E-state index < -0.39 is 17.6 Å². The van der Waals surface area contributed by atoms with Gasteiger partial charge in [-0.05, 0) is 12.8 Å². The second-order valence-corrected chi connectivity index (χ2v) is 5.07. The van der Waals surface area contributed by atoms with Crippen molar-refractivity contribution in [2.24, 2.45) is 5.73 Å². The number of pyridine rings is 1. The van der Waals surface area contributed by atoms with Crippen LogP contribution in [-0.2, 0) is 4.74 Å². The van der Waals surface area contributed by atoms with Gasteiger partial charge in [-0.1, -0.05) is 0 Å². The van der Waals surface area contributed by atoms with Gasteiger partial charge in [0.2, 0.25) is 5.43 Å². The maximum Gasteiger partial charge on any atom is 0.254 e. The predicted molar refractivity (Wildman–Crippen MR) is 77.0 cm³/mol. The Labute approximate surface area is 124 Å². The van der Waals surface area contributed by atoms with Gasteiger partial charge >= 0.3 is 0 Å². The van der Waals surface area contributed by atoms with Gasteiger partial charge < -0.3 is 25.9 Å². The molecule has 1 fully saturated rings. The Morgan fingerprint density at radius 1 is 1.45 bits per heavy atom. The van der Waals surface area contributed by atoms with E-state index in [1.54, 1.807) is 4.57 Å². The summed E-state index contributed by atoms with van der Waals surface area (Å²) >= 11 is 0. The quantitative estimate of drug-likeness (QED) is 0.668. The molecule has 1 aliphatic rings. The second kappa shape index (κ2) is 5.35. The van der Waals surface area contributed by atoms with Gasteiger partial charge in [-0.2, -0.15) is 0 Å². The standard InChI is InChI=1S/C13H15N5O4/c14-11-9-10(20)7(12(15)21)3-18(13(9)17-5-16-11)8-2-1-6(4-19)22-8/h3,5-6,8,19H,1-2,4H2,(H2,15,21)(H2,14,16,17)/t6-,8+/m0/s1. The molecule has 0 aromatic carbocycles. The number of primary amides is 1. The van der Waals surface area contributed by atoms with Crippen LogP contribution in [0.4, 0.5) is 5.82 Å². The molecule has 3 heterocycles. The molecule has 2 aromatic heterocycles. The fourth-order valence-electron chi connectivity index (χ4n) is 2.62. The summed E-state index contributed by atoms with van der Waals surface area (Å²) in [7, 11) is 0. The molecule has 0 aliphatic carbocycles. The van der Waals surface area contributed by atoms with Crippen molar-refractivity contribution in [3.63, 3.8) is 0 Å². The first-order valence-electron chi connectivity index (χ1n) is 6.74. The van der Waals surface area contributed by atoms with E-state index in [1.807, 2.05) is 0 Å². The lowest BCUT2D eigenvalue weighted by atomic mass is 10.1. The van der Waals surface area contributed by atoms with E-state index in [0.29, 0.717) is 12.8 Å². The third kappa shape index (κ3) is 2.20. The molecule has 9 nitrogen and oxygen atoms in total. The van der Waals surface area contributed by atoms with Crippen LogP contribution in [-0.4, -0.2) is 38.3 Å². The van der Waals surface area contributed by atoms with Crippen molar-refractivity contribution in [2.45, 2.75) is 25.2 Å². The number of carbonyl (C=O) groups is 1. The normalized spacial score (nSPS) is 21.3. The number of aliphatic hydroxyl groups is 1. The van der Waals surface area contributed by atoms with E-state index in [0.717, 1.165) is 0 Å². The third-order valence-electron chi connectivity index (χ3n) is 3.71. The maximum absolute atomic E-state index is 12.3. The number of carbonyl (C=O) groups excluding carboxylic acids is 1. The van der Waals surface area contributed by atoms with Crippen molar-refractivity contribution in [1.29, 1.82) is 0 Å². The Balaban J connectivity index is 2.26. The van der Waals surface area contributed by atoms with Crippen LogP contribution in [0.15, 0.2) is 17.3 Å². The molecule has 22 heavy (non-hydrogen) atoms. The zero-order chi connectivity index (χ0) is 15.9. The van der Waals surface area contributed by atoms with E-state index in [2.05, 4.69) is 9.97 Å². The first-order valence-corrected chi connectivity index (χ1v) is 6.74. The van der Waals surface area contributed by atoms with E-state index in [-0.39, 0.29) is 35.1 Å². The molecular formula is C13H15N5O4. The van der Waals surface area contributed by atoms with E-state index >= 15 is 0 Å². The zero-order valence-electron chi connectivity index (χ0n) is 11.6. The van der Waals surface area contributed by atoms with Crippen LogP contribution in [0.2, 0.25) is 0 Å². The Bertz CT molecular complexity index is 803. The average Bonchev–Trinajstić information content (AvgIpc) is 2.96. The van der Waals surface area contributed by atoms with Gasteiger partial charge in [-0.25, -0.2) is 9.97 Å². The van der Waals surface area contributed by atoms with Crippen LogP contribution in [0.3, 0.4) is 0 Å². The summed E-state index contributed by atoms with van der Waals surface area (Å²) in [5, 5.41) is 9.21. The number of aliphatic hydroxyl groups excluding tert-OH is 1. The van der Waals surface area contributed by atoms with Crippen LogP contribution in [0.5, 0.6) is 0 Å². The number of fused-ring (bicyclic) bond motifs is 1. The van der Waals surface area contributed by atoms with Crippen molar-refractivity contribution >= 4 is 22.8 Å². The van der Waals surface area contributed by atoms with Crippen LogP contribution >= 0.6 is 0 Å². The monoisotopic (exact) mass is 305 g/mol. The molecule has 1 aliphatic heterocycles. The van der Waals surface area contributed by atoms with E-state index in [1.165, 1.54) is 12.5 Å². The highest BCUT2D eigenvalue weighted by atomic mass is 16.5. The molecule has 1 saturated heterocycles. The van der Waals surface area contributed by atoms with Gasteiger partial charge in [0.05, 0.1) is 12.7 Å². The minimum absolute atomic E-state index is 0.0245. The summed E-state index contributed by atoms with van der Waals surface area (Å²) in [5.41, 5.74) is 10.5. The molecule has 0 unspecified atom stereocenters. The number of nitrogens with two attached hydrogens (primary N) is 2. The highest BCUT2D eigenvalue weighted by Gasteiger charge is 2.28. The number of hydrogen-bond acceptors (Lipinski definition) is 7. The molecule has 0 saturated carbocycles. The fourth-order valence-corrected chi connectivity index (χ4v) is 2.62. The SMILES string of the molecule is NC(=O)c1cn([C@H]2CC[C@@H](CO)O2)c2ncnc(N)c2c1=O. The van der Waals surface area contributed by atoms with Gasteiger partial charge in [-0.3, -0.25) is 9.59 Å². The molecular weight excluding hydrogens is 290 g/mol. The number of hydrogen-bond donors (Lipinski definition) is 3. The molecule has 2 aromatic rings. The number of rotatable bonds is 3. The predicted octanol–water partition coefficient (Wildman–Crippen LogP) is -0.858. The van der Waals surface area contributed by atoms with Gasteiger partial charge in [0, 0.05) is 6.20 Å². The number of anilines is 1. The summed E-state index contributed by atoms with van der Waals surface area (Å²) in [6.45, 7) is -0.103. The lowest BCUT2D eigenvalue weighted by Crippen LogP contribution is -2.27. The van der Waals surface area contributed by atoms with Crippen molar-refractivity contribution in [3.05, 3.63) is 28.3 Å². The van der Waals surface area contributed by atoms with Crippen molar-refractivity contribution in [1.82, 2.24) is 14.5 Å². The van der Waals surface area contributed by atoms with Gasteiger partial charge in [-0.15, -0.1) is 0 Å². The molecule has 2 atom stereocenters. The second-order valence-electron chi connectivity index (χ2n) is 5.07. The first-order chi connectivity index (χ1) is 10.5. The van der Waals surface area contributed by atoms with Crippen molar-refractivity contribution in [2.75, 3.05) is 12.3 Å². The highest BCUT2D eigenvalue weighted by Crippen LogP contribution is 2.30. The lowest BCUT2D eigenvalue weighted by Gasteiger charge is -2.19. The molecule has 9 heteroatoms. The van der Waals surface area contributed by atoms with Gasteiger partial charge in [0.15, 0.2) is 5.65 Å². The zero-order valence-corrected chi connectivity index (χ0v) is 11.6. The van der Waals surface area contributed by atoms with Crippen molar-refractivity contribution in [3.8, 4) is 0 Å². The largest absolute Gasteiger partial charge is 0.394 e. The van der Waals surface area contributed by atoms with Gasteiger partial charge in [0.25, 0.3) is 5.91 Å². The topological polar surface area (TPSA) is 146 Å². The lowest BCUT2D eigenvalue weighted by molar-refractivity contribution is -0.0208. The summed E-state index contributed by atoms with van der Waals surface area (Å²) in [5.74, 6) is -0.885. The van der Waals surface area contributed by atoms with Crippen molar-refractivity contribution < 1.29 is 14.6 Å². The molecule has 1 amide bonds. The number of nitrogen functional groups attached to an aromatic ring is 1. The number of ether oxygens (including phenoxy) is 1. The molecule has 0 bridgehead atoms. The van der Waals surface area contributed by atoms with Crippen LogP contribution in [0.25, 0.3) is 11.0 Å². The maximum atomic E-state index is 12.3. The molecule has 116 valence electrons. The minimum Gasteiger partial charge on any atom is -0.394 e. The minimum atomic E-state index is -0.861. The van der Waals surface area contributed by atoms with Gasteiger partial charge in [0.1, 0.15) is 29.3 Å². The van der Waals surface area contributed by atoms with Crippen LogP contribution in [0.1, 0.15) is 29.4 Å². The molecule has 0 spiro atoms. The number of nitrogens with zero attached hydrogens (tertiary/aromatic N) is 3. The fraction of sp³-hybridized carbons (Fsp3) is 0.385. The third-order valence-corrected chi connectivity index (χ3v) is 3.71. The highest BCUT2D eigenvalue weighted by molar-refractivity contribution is 5.97.